The lowest BCUT2D eigenvalue weighted by Crippen LogP contribution is -2.49. The Morgan fingerprint density at radius 1 is 1.30 bits per heavy atom. The smallest absolute Gasteiger partial charge is 0.161 e. The van der Waals surface area contributed by atoms with Gasteiger partial charge in [-0.25, -0.2) is 0 Å². The van der Waals surface area contributed by atoms with Crippen molar-refractivity contribution in [3.63, 3.8) is 0 Å². The number of hydrogen-bond donors (Lipinski definition) is 1. The van der Waals surface area contributed by atoms with Gasteiger partial charge in [-0.3, -0.25) is 9.80 Å². The third-order valence-electron chi connectivity index (χ3n) is 4.40. The Balaban J connectivity index is 1.64. The van der Waals surface area contributed by atoms with Crippen molar-refractivity contribution in [2.24, 2.45) is 0 Å². The van der Waals surface area contributed by atoms with Gasteiger partial charge in [-0.2, -0.15) is 0 Å². The fraction of sp³-hybridized carbons (Fsp3) is 0.625. The van der Waals surface area contributed by atoms with Crippen molar-refractivity contribution in [3.8, 4) is 11.5 Å². The third kappa shape index (κ3) is 2.91. The highest BCUT2D eigenvalue weighted by Crippen LogP contribution is 2.28. The molecule has 1 N–H and O–H groups in total. The van der Waals surface area contributed by atoms with Crippen LogP contribution in [0.5, 0.6) is 11.5 Å². The molecule has 0 spiro atoms. The highest BCUT2D eigenvalue weighted by Gasteiger charge is 2.30. The first-order chi connectivity index (χ1) is 9.76. The average molecular weight is 276 g/mol. The van der Waals surface area contributed by atoms with Gasteiger partial charge in [0.05, 0.1) is 6.61 Å². The van der Waals surface area contributed by atoms with Gasteiger partial charge in [0.2, 0.25) is 0 Å². The molecule has 2 aliphatic heterocycles. The van der Waals surface area contributed by atoms with Gasteiger partial charge in [0.1, 0.15) is 0 Å². The van der Waals surface area contributed by atoms with Gasteiger partial charge in [-0.1, -0.05) is 6.07 Å². The molecule has 2 heterocycles. The monoisotopic (exact) mass is 276 g/mol. The molecule has 0 bridgehead atoms. The minimum absolute atomic E-state index is 0.233. The third-order valence-corrected chi connectivity index (χ3v) is 4.40. The number of ether oxygens (including phenoxy) is 1. The molecule has 4 nitrogen and oxygen atoms in total. The van der Waals surface area contributed by atoms with E-state index in [1.165, 1.54) is 38.0 Å². The Morgan fingerprint density at radius 2 is 2.20 bits per heavy atom. The number of aromatic hydroxyl groups is 1. The number of fused-ring (bicyclic) bond motifs is 1. The van der Waals surface area contributed by atoms with E-state index in [2.05, 4.69) is 9.80 Å². The van der Waals surface area contributed by atoms with Gasteiger partial charge in [-0.05, 0) is 44.0 Å². The Bertz CT molecular complexity index is 464. The zero-order chi connectivity index (χ0) is 13.9. The molecule has 2 fully saturated rings. The zero-order valence-corrected chi connectivity index (χ0v) is 12.2. The number of nitrogens with zero attached hydrogens (tertiary/aromatic N) is 2. The van der Waals surface area contributed by atoms with Crippen molar-refractivity contribution in [3.05, 3.63) is 23.8 Å². The summed E-state index contributed by atoms with van der Waals surface area (Å²) >= 11 is 0. The van der Waals surface area contributed by atoms with Crippen molar-refractivity contribution in [2.75, 3.05) is 32.8 Å². The van der Waals surface area contributed by atoms with Crippen LogP contribution in [0.3, 0.4) is 0 Å². The summed E-state index contributed by atoms with van der Waals surface area (Å²) in [4.78, 5) is 5.15. The predicted octanol–water partition coefficient (Wildman–Crippen LogP) is 2.07. The van der Waals surface area contributed by atoms with E-state index in [-0.39, 0.29) is 5.75 Å². The van der Waals surface area contributed by atoms with Crippen molar-refractivity contribution in [1.82, 2.24) is 9.80 Å². The van der Waals surface area contributed by atoms with Gasteiger partial charge >= 0.3 is 0 Å². The van der Waals surface area contributed by atoms with Crippen LogP contribution >= 0.6 is 0 Å². The van der Waals surface area contributed by atoms with Crippen LogP contribution in [0.4, 0.5) is 0 Å². The lowest BCUT2D eigenvalue weighted by molar-refractivity contribution is 0.0993. The number of hydrogen-bond acceptors (Lipinski definition) is 4. The zero-order valence-electron chi connectivity index (χ0n) is 12.2. The van der Waals surface area contributed by atoms with Gasteiger partial charge in [0.25, 0.3) is 0 Å². The number of benzene rings is 1. The van der Waals surface area contributed by atoms with Crippen LogP contribution in [0.25, 0.3) is 0 Å². The molecule has 0 aliphatic carbocycles. The molecule has 2 saturated heterocycles. The summed E-state index contributed by atoms with van der Waals surface area (Å²) in [7, 11) is 0. The van der Waals surface area contributed by atoms with E-state index in [4.69, 9.17) is 4.74 Å². The van der Waals surface area contributed by atoms with Crippen LogP contribution in [0.15, 0.2) is 18.2 Å². The Kier molecular flexibility index (Phi) is 4.13. The van der Waals surface area contributed by atoms with Crippen LogP contribution in [0, 0.1) is 0 Å². The molecule has 0 saturated carbocycles. The van der Waals surface area contributed by atoms with Crippen LogP contribution in [0.1, 0.15) is 25.3 Å². The largest absolute Gasteiger partial charge is 0.504 e. The van der Waals surface area contributed by atoms with E-state index < -0.39 is 0 Å². The maximum atomic E-state index is 9.75. The van der Waals surface area contributed by atoms with E-state index in [0.29, 0.717) is 12.4 Å². The normalized spacial score (nSPS) is 23.8. The maximum Gasteiger partial charge on any atom is 0.161 e. The Morgan fingerprint density at radius 3 is 3.05 bits per heavy atom. The molecule has 0 amide bonds. The molecule has 1 aromatic rings. The Labute approximate surface area is 120 Å². The van der Waals surface area contributed by atoms with Gasteiger partial charge < -0.3 is 9.84 Å². The van der Waals surface area contributed by atoms with E-state index >= 15 is 0 Å². The quantitative estimate of drug-likeness (QED) is 0.913. The minimum atomic E-state index is 0.233. The second-order valence-electron chi connectivity index (χ2n) is 5.80. The van der Waals surface area contributed by atoms with Gasteiger partial charge in [-0.15, -0.1) is 0 Å². The highest BCUT2D eigenvalue weighted by molar-refractivity contribution is 5.41. The molecule has 3 rings (SSSR count). The van der Waals surface area contributed by atoms with E-state index in [1.807, 2.05) is 19.1 Å². The SMILES string of the molecule is CCOc1cc(CN2CCN3CCCC3C2)ccc1O. The maximum absolute atomic E-state index is 9.75. The number of phenolic OH excluding ortho intramolecular Hbond substituents is 1. The molecule has 1 aromatic carbocycles. The fourth-order valence-corrected chi connectivity index (χ4v) is 3.39. The molecular weight excluding hydrogens is 252 g/mol. The van der Waals surface area contributed by atoms with Crippen LogP contribution < -0.4 is 4.74 Å². The molecule has 110 valence electrons. The molecule has 1 atom stereocenters. The second kappa shape index (κ2) is 6.02. The first-order valence-corrected chi connectivity index (χ1v) is 7.67. The molecule has 1 unspecified atom stereocenters. The summed E-state index contributed by atoms with van der Waals surface area (Å²) in [5.41, 5.74) is 1.22. The lowest BCUT2D eigenvalue weighted by Gasteiger charge is -2.37. The highest BCUT2D eigenvalue weighted by atomic mass is 16.5. The standard InChI is InChI=1S/C16H24N2O2/c1-2-20-16-10-13(5-6-15(16)19)11-17-8-9-18-7-3-4-14(18)12-17/h5-6,10,14,19H,2-4,7-9,11-12H2,1H3. The first kappa shape index (κ1) is 13.7. The van der Waals surface area contributed by atoms with Crippen LogP contribution in [-0.2, 0) is 6.54 Å². The van der Waals surface area contributed by atoms with Crippen molar-refractivity contribution < 1.29 is 9.84 Å². The molecule has 0 aromatic heterocycles. The number of phenols is 1. The lowest BCUT2D eigenvalue weighted by atomic mass is 10.1. The molecular formula is C16H24N2O2. The minimum Gasteiger partial charge on any atom is -0.504 e. The number of piperazine rings is 1. The predicted molar refractivity (Wildman–Crippen MR) is 79.1 cm³/mol. The Hall–Kier alpha value is -1.26. The summed E-state index contributed by atoms with van der Waals surface area (Å²) < 4.78 is 5.46. The molecule has 4 heteroatoms. The first-order valence-electron chi connectivity index (χ1n) is 7.67. The second-order valence-corrected chi connectivity index (χ2v) is 5.80. The van der Waals surface area contributed by atoms with Crippen molar-refractivity contribution >= 4 is 0 Å². The topological polar surface area (TPSA) is 35.9 Å². The van der Waals surface area contributed by atoms with Crippen LogP contribution in [-0.4, -0.2) is 53.7 Å². The van der Waals surface area contributed by atoms with Gasteiger partial charge in [0.15, 0.2) is 11.5 Å². The van der Waals surface area contributed by atoms with Crippen molar-refractivity contribution in [2.45, 2.75) is 32.4 Å². The molecule has 0 radical (unpaired) electrons. The fourth-order valence-electron chi connectivity index (χ4n) is 3.39. The summed E-state index contributed by atoms with van der Waals surface area (Å²) in [6, 6.07) is 6.47. The summed E-state index contributed by atoms with van der Waals surface area (Å²) in [5, 5.41) is 9.75. The summed E-state index contributed by atoms with van der Waals surface area (Å²) in [5.74, 6) is 0.834. The number of rotatable bonds is 4. The van der Waals surface area contributed by atoms with Crippen LogP contribution in [0.2, 0.25) is 0 Å². The summed E-state index contributed by atoms with van der Waals surface area (Å²) in [6.07, 6.45) is 2.70. The average Bonchev–Trinajstić information content (AvgIpc) is 2.90. The molecule has 20 heavy (non-hydrogen) atoms. The van der Waals surface area contributed by atoms with E-state index in [9.17, 15) is 5.11 Å². The molecule has 2 aliphatic rings. The van der Waals surface area contributed by atoms with E-state index in [1.54, 1.807) is 6.07 Å². The van der Waals surface area contributed by atoms with Gasteiger partial charge in [0, 0.05) is 32.2 Å². The van der Waals surface area contributed by atoms with E-state index in [0.717, 1.165) is 19.1 Å². The summed E-state index contributed by atoms with van der Waals surface area (Å²) in [6.45, 7) is 8.26. The van der Waals surface area contributed by atoms with Crippen molar-refractivity contribution in [1.29, 1.82) is 0 Å².